The molecule has 1 unspecified atom stereocenters. The second-order valence-electron chi connectivity index (χ2n) is 5.11. The van der Waals surface area contributed by atoms with Gasteiger partial charge in [0.05, 0.1) is 22.5 Å². The van der Waals surface area contributed by atoms with Crippen LogP contribution in [-0.2, 0) is 24.6 Å². The molecule has 0 aromatic carbocycles. The highest BCUT2D eigenvalue weighted by Gasteiger charge is 2.17. The Morgan fingerprint density at radius 2 is 2.05 bits per heavy atom. The van der Waals surface area contributed by atoms with Crippen molar-refractivity contribution in [2.24, 2.45) is 7.05 Å². The summed E-state index contributed by atoms with van der Waals surface area (Å²) in [5, 5.41) is 8.13. The maximum Gasteiger partial charge on any atom is 0.0766 e. The molecule has 0 aliphatic rings. The summed E-state index contributed by atoms with van der Waals surface area (Å²) in [4.78, 5) is 0. The van der Waals surface area contributed by atoms with E-state index in [1.807, 2.05) is 11.7 Å². The van der Waals surface area contributed by atoms with Crippen LogP contribution in [0.5, 0.6) is 0 Å². The number of ether oxygens (including phenoxy) is 1. The van der Waals surface area contributed by atoms with Gasteiger partial charge >= 0.3 is 0 Å². The molecule has 0 saturated heterocycles. The Bertz CT molecular complexity index is 393. The molecular weight excluding hydrogens is 318 g/mol. The average molecular weight is 346 g/mol. The lowest BCUT2D eigenvalue weighted by Crippen LogP contribution is -2.36. The highest BCUT2D eigenvalue weighted by Crippen LogP contribution is 2.22. The standard InChI is InChI=1S/C15H28BrN3O/c1-5-8-17-12(11-20-9-6-2)10-14-15(16)13(7-3)18-19(14)4/h12,17H,5-11H2,1-4H3. The zero-order valence-corrected chi connectivity index (χ0v) is 14.8. The van der Waals surface area contributed by atoms with E-state index in [2.05, 4.69) is 47.1 Å². The van der Waals surface area contributed by atoms with Gasteiger partial charge in [-0.15, -0.1) is 0 Å². The van der Waals surface area contributed by atoms with Gasteiger partial charge < -0.3 is 10.1 Å². The molecule has 116 valence electrons. The van der Waals surface area contributed by atoms with Crippen molar-refractivity contribution in [3.63, 3.8) is 0 Å². The van der Waals surface area contributed by atoms with E-state index in [0.717, 1.165) is 55.6 Å². The number of hydrogen-bond donors (Lipinski definition) is 1. The van der Waals surface area contributed by atoms with Crippen LogP contribution in [0.1, 0.15) is 45.0 Å². The van der Waals surface area contributed by atoms with Crippen LogP contribution in [-0.4, -0.2) is 35.6 Å². The first-order valence-corrected chi connectivity index (χ1v) is 8.44. The molecule has 1 N–H and O–H groups in total. The summed E-state index contributed by atoms with van der Waals surface area (Å²) < 4.78 is 8.86. The molecule has 0 amide bonds. The summed E-state index contributed by atoms with van der Waals surface area (Å²) in [6.07, 6.45) is 4.09. The Morgan fingerprint density at radius 1 is 1.30 bits per heavy atom. The van der Waals surface area contributed by atoms with Gasteiger partial charge in [-0.1, -0.05) is 20.8 Å². The van der Waals surface area contributed by atoms with Gasteiger partial charge in [0.2, 0.25) is 0 Å². The molecule has 0 spiro atoms. The third-order valence-electron chi connectivity index (χ3n) is 3.29. The van der Waals surface area contributed by atoms with Crippen LogP contribution in [0.15, 0.2) is 4.47 Å². The lowest BCUT2D eigenvalue weighted by Gasteiger charge is -2.19. The minimum Gasteiger partial charge on any atom is -0.380 e. The summed E-state index contributed by atoms with van der Waals surface area (Å²) in [6.45, 7) is 9.07. The molecule has 0 bridgehead atoms. The van der Waals surface area contributed by atoms with Crippen molar-refractivity contribution in [1.82, 2.24) is 15.1 Å². The van der Waals surface area contributed by atoms with Crippen LogP contribution in [0.3, 0.4) is 0 Å². The summed E-state index contributed by atoms with van der Waals surface area (Å²) in [5.41, 5.74) is 2.38. The summed E-state index contributed by atoms with van der Waals surface area (Å²) in [6, 6.07) is 0.345. The molecule has 0 radical (unpaired) electrons. The Hall–Kier alpha value is -0.390. The second-order valence-corrected chi connectivity index (χ2v) is 5.91. The maximum atomic E-state index is 5.72. The largest absolute Gasteiger partial charge is 0.380 e. The van der Waals surface area contributed by atoms with Gasteiger partial charge in [0, 0.05) is 26.1 Å². The van der Waals surface area contributed by atoms with Crippen LogP contribution in [0.25, 0.3) is 0 Å². The number of rotatable bonds is 10. The molecule has 4 nitrogen and oxygen atoms in total. The third kappa shape index (κ3) is 5.19. The van der Waals surface area contributed by atoms with Crippen LogP contribution in [0, 0.1) is 0 Å². The molecule has 1 aromatic heterocycles. The number of aromatic nitrogens is 2. The summed E-state index contributed by atoms with van der Waals surface area (Å²) in [5.74, 6) is 0. The molecule has 0 aliphatic heterocycles. The first kappa shape index (κ1) is 17.7. The van der Waals surface area contributed by atoms with E-state index in [9.17, 15) is 0 Å². The van der Waals surface area contributed by atoms with E-state index in [1.165, 1.54) is 5.69 Å². The van der Waals surface area contributed by atoms with E-state index in [0.29, 0.717) is 6.04 Å². The number of halogens is 1. The van der Waals surface area contributed by atoms with Gasteiger partial charge in [0.15, 0.2) is 0 Å². The van der Waals surface area contributed by atoms with E-state index in [4.69, 9.17) is 4.74 Å². The SMILES string of the molecule is CCCNC(COCCC)Cc1c(Br)c(CC)nn1C. The van der Waals surface area contributed by atoms with Crippen molar-refractivity contribution in [3.05, 3.63) is 15.9 Å². The van der Waals surface area contributed by atoms with Crippen molar-refractivity contribution in [3.8, 4) is 0 Å². The van der Waals surface area contributed by atoms with Gasteiger partial charge in [-0.25, -0.2) is 0 Å². The molecule has 5 heteroatoms. The fraction of sp³-hybridized carbons (Fsp3) is 0.800. The van der Waals surface area contributed by atoms with Gasteiger partial charge in [-0.05, 0) is 41.7 Å². The zero-order chi connectivity index (χ0) is 15.0. The minimum atomic E-state index is 0.345. The minimum absolute atomic E-state index is 0.345. The Morgan fingerprint density at radius 3 is 2.60 bits per heavy atom. The topological polar surface area (TPSA) is 39.1 Å². The molecule has 20 heavy (non-hydrogen) atoms. The van der Waals surface area contributed by atoms with E-state index in [-0.39, 0.29) is 0 Å². The van der Waals surface area contributed by atoms with E-state index >= 15 is 0 Å². The lowest BCUT2D eigenvalue weighted by atomic mass is 10.1. The van der Waals surface area contributed by atoms with Crippen molar-refractivity contribution >= 4 is 15.9 Å². The van der Waals surface area contributed by atoms with Gasteiger partial charge in [0.25, 0.3) is 0 Å². The Balaban J connectivity index is 2.69. The Kier molecular flexibility index (Phi) is 8.41. The molecular formula is C15H28BrN3O. The van der Waals surface area contributed by atoms with Crippen molar-refractivity contribution < 1.29 is 4.74 Å². The van der Waals surface area contributed by atoms with E-state index in [1.54, 1.807) is 0 Å². The predicted molar refractivity (Wildman–Crippen MR) is 87.2 cm³/mol. The molecule has 1 aromatic rings. The molecule has 1 rings (SSSR count). The van der Waals surface area contributed by atoms with Gasteiger partial charge in [-0.3, -0.25) is 4.68 Å². The highest BCUT2D eigenvalue weighted by molar-refractivity contribution is 9.10. The maximum absolute atomic E-state index is 5.72. The molecule has 1 atom stereocenters. The van der Waals surface area contributed by atoms with Crippen LogP contribution in [0.2, 0.25) is 0 Å². The molecule has 1 heterocycles. The summed E-state index contributed by atoms with van der Waals surface area (Å²) >= 11 is 3.69. The highest BCUT2D eigenvalue weighted by atomic mass is 79.9. The third-order valence-corrected chi connectivity index (χ3v) is 4.21. The predicted octanol–water partition coefficient (Wildman–Crippen LogP) is 3.08. The fourth-order valence-electron chi connectivity index (χ4n) is 2.18. The van der Waals surface area contributed by atoms with Crippen LogP contribution in [0.4, 0.5) is 0 Å². The normalized spacial score (nSPS) is 12.8. The summed E-state index contributed by atoms with van der Waals surface area (Å²) in [7, 11) is 2.02. The monoisotopic (exact) mass is 345 g/mol. The van der Waals surface area contributed by atoms with E-state index < -0.39 is 0 Å². The molecule has 0 saturated carbocycles. The fourth-order valence-corrected chi connectivity index (χ4v) is 2.96. The first-order chi connectivity index (χ1) is 9.63. The number of nitrogens with zero attached hydrogens (tertiary/aromatic N) is 2. The molecule has 0 aliphatic carbocycles. The van der Waals surface area contributed by atoms with Crippen molar-refractivity contribution in [1.29, 1.82) is 0 Å². The average Bonchev–Trinajstić information content (AvgIpc) is 2.71. The number of aryl methyl sites for hydroxylation is 2. The quantitative estimate of drug-likeness (QED) is 0.662. The van der Waals surface area contributed by atoms with Crippen molar-refractivity contribution in [2.45, 2.75) is 52.5 Å². The van der Waals surface area contributed by atoms with Gasteiger partial charge in [-0.2, -0.15) is 5.10 Å². The second kappa shape index (κ2) is 9.53. The first-order valence-electron chi connectivity index (χ1n) is 7.65. The molecule has 0 fully saturated rings. The van der Waals surface area contributed by atoms with Crippen LogP contribution >= 0.6 is 15.9 Å². The Labute approximate surface area is 131 Å². The van der Waals surface area contributed by atoms with Gasteiger partial charge in [0.1, 0.15) is 0 Å². The van der Waals surface area contributed by atoms with Crippen LogP contribution < -0.4 is 5.32 Å². The smallest absolute Gasteiger partial charge is 0.0766 e. The number of hydrogen-bond acceptors (Lipinski definition) is 3. The van der Waals surface area contributed by atoms with Crippen molar-refractivity contribution in [2.75, 3.05) is 19.8 Å². The number of nitrogens with one attached hydrogen (secondary N) is 1. The zero-order valence-electron chi connectivity index (χ0n) is 13.2. The lowest BCUT2D eigenvalue weighted by molar-refractivity contribution is 0.111.